The first-order chi connectivity index (χ1) is 16.7. The van der Waals surface area contributed by atoms with Gasteiger partial charge in [0.2, 0.25) is 0 Å². The van der Waals surface area contributed by atoms with Gasteiger partial charge in [0.25, 0.3) is 11.8 Å². The van der Waals surface area contributed by atoms with Crippen LogP contribution in [0.15, 0.2) is 52.1 Å². The minimum Gasteiger partial charge on any atom is -0.363 e. The number of amides is 2. The van der Waals surface area contributed by atoms with Crippen molar-refractivity contribution < 1.29 is 27.3 Å². The average molecular weight is 527 g/mol. The van der Waals surface area contributed by atoms with Gasteiger partial charge in [0.15, 0.2) is 5.82 Å². The van der Waals surface area contributed by atoms with Crippen LogP contribution in [0, 0.1) is 0 Å². The van der Waals surface area contributed by atoms with Crippen LogP contribution in [0.1, 0.15) is 20.2 Å². The molecule has 3 aromatic heterocycles. The fraction of sp³-hybridized carbons (Fsp3) is 0.158. The summed E-state index contributed by atoms with van der Waals surface area (Å²) in [4.78, 5) is 36.9. The predicted molar refractivity (Wildman–Crippen MR) is 120 cm³/mol. The molecule has 3 aromatic rings. The van der Waals surface area contributed by atoms with Gasteiger partial charge in [-0.2, -0.15) is 13.2 Å². The Morgan fingerprint density at radius 2 is 2.03 bits per heavy atom. The van der Waals surface area contributed by atoms with Gasteiger partial charge in [-0.1, -0.05) is 16.8 Å². The van der Waals surface area contributed by atoms with Crippen molar-refractivity contribution in [2.24, 2.45) is 4.99 Å². The lowest BCUT2D eigenvalue weighted by Crippen LogP contribution is -2.35. The van der Waals surface area contributed by atoms with Gasteiger partial charge >= 0.3 is 6.18 Å². The molecule has 0 radical (unpaired) electrons. The van der Waals surface area contributed by atoms with E-state index >= 15 is 0 Å². The number of hydrogen-bond donors (Lipinski definition) is 4. The lowest BCUT2D eigenvalue weighted by Gasteiger charge is -2.15. The Hall–Kier alpha value is -3.98. The lowest BCUT2D eigenvalue weighted by molar-refractivity contribution is -0.137. The summed E-state index contributed by atoms with van der Waals surface area (Å²) in [7, 11) is 0. The summed E-state index contributed by atoms with van der Waals surface area (Å²) in [5.74, 6) is -0.633. The van der Waals surface area contributed by atoms with E-state index in [1.807, 2.05) is 0 Å². The van der Waals surface area contributed by atoms with Crippen molar-refractivity contribution in [3.63, 3.8) is 0 Å². The Labute approximate surface area is 203 Å². The van der Waals surface area contributed by atoms with Crippen LogP contribution in [0.3, 0.4) is 0 Å². The Bertz CT molecular complexity index is 1310. The third-order valence-electron chi connectivity index (χ3n) is 4.32. The summed E-state index contributed by atoms with van der Waals surface area (Å²) in [6.45, 7) is 0.173. The SMILES string of the molecule is O=C(NCc1ncc(C(=O)Nc2cc(C(F)(F)F)c(Cl)cn2)s1)C1=CC(Nc2ccon2)=NCN1. The summed E-state index contributed by atoms with van der Waals surface area (Å²) in [6.07, 6.45) is 0.223. The Morgan fingerprint density at radius 3 is 2.77 bits per heavy atom. The zero-order valence-electron chi connectivity index (χ0n) is 17.3. The first kappa shape index (κ1) is 24.2. The van der Waals surface area contributed by atoms with E-state index in [1.165, 1.54) is 18.5 Å². The van der Waals surface area contributed by atoms with E-state index in [1.54, 1.807) is 6.07 Å². The molecular formula is C19H14ClF3N8O3S. The van der Waals surface area contributed by atoms with Crippen molar-refractivity contribution in [3.05, 3.63) is 63.0 Å². The molecule has 0 fully saturated rings. The number of carbonyl (C=O) groups is 2. The minimum absolute atomic E-state index is 0.0103. The molecule has 4 rings (SSSR count). The quantitative estimate of drug-likeness (QED) is 0.383. The number of alkyl halides is 3. The van der Waals surface area contributed by atoms with Crippen molar-refractivity contribution in [3.8, 4) is 0 Å². The zero-order valence-corrected chi connectivity index (χ0v) is 18.9. The number of pyridine rings is 1. The molecule has 1 aliphatic rings. The molecule has 0 bridgehead atoms. The molecule has 0 unspecified atom stereocenters. The zero-order chi connectivity index (χ0) is 25.0. The topological polar surface area (TPSA) is 146 Å². The van der Waals surface area contributed by atoms with Gasteiger partial charge in [0, 0.05) is 18.3 Å². The smallest absolute Gasteiger partial charge is 0.363 e. The number of aliphatic imine (C=N–C) groups is 1. The predicted octanol–water partition coefficient (Wildman–Crippen LogP) is 3.02. The third kappa shape index (κ3) is 6.13. The summed E-state index contributed by atoms with van der Waals surface area (Å²) in [5.41, 5.74) is -0.873. The number of amidine groups is 1. The molecule has 0 aliphatic carbocycles. The van der Waals surface area contributed by atoms with E-state index in [0.29, 0.717) is 22.7 Å². The second kappa shape index (κ2) is 10.1. The number of aromatic nitrogens is 3. The van der Waals surface area contributed by atoms with Gasteiger partial charge in [-0.25, -0.2) is 15.0 Å². The molecule has 2 amide bonds. The number of hydrogen-bond acceptors (Lipinski definition) is 10. The molecule has 0 aromatic carbocycles. The fourth-order valence-corrected chi connectivity index (χ4v) is 3.69. The maximum atomic E-state index is 13.0. The second-order valence-electron chi connectivity index (χ2n) is 6.75. The molecule has 0 saturated heterocycles. The molecule has 11 nitrogen and oxygen atoms in total. The van der Waals surface area contributed by atoms with Crippen LogP contribution in [-0.2, 0) is 17.5 Å². The highest BCUT2D eigenvalue weighted by Gasteiger charge is 2.34. The first-order valence-corrected chi connectivity index (χ1v) is 10.8. The van der Waals surface area contributed by atoms with Crippen LogP contribution in [0.2, 0.25) is 5.02 Å². The maximum absolute atomic E-state index is 13.0. The monoisotopic (exact) mass is 526 g/mol. The van der Waals surface area contributed by atoms with Crippen molar-refractivity contribution >= 4 is 52.2 Å². The first-order valence-electron chi connectivity index (χ1n) is 9.63. The largest absolute Gasteiger partial charge is 0.418 e. The Kier molecular flexibility index (Phi) is 6.97. The van der Waals surface area contributed by atoms with Crippen LogP contribution in [0.4, 0.5) is 24.8 Å². The van der Waals surface area contributed by atoms with Crippen molar-refractivity contribution in [2.75, 3.05) is 17.3 Å². The molecule has 0 spiro atoms. The fourth-order valence-electron chi connectivity index (χ4n) is 2.72. The molecule has 35 heavy (non-hydrogen) atoms. The normalized spacial score (nSPS) is 13.4. The summed E-state index contributed by atoms with van der Waals surface area (Å²) < 4.78 is 43.7. The molecule has 4 heterocycles. The second-order valence-corrected chi connectivity index (χ2v) is 8.27. The van der Waals surface area contributed by atoms with Crippen molar-refractivity contribution in [1.29, 1.82) is 0 Å². The van der Waals surface area contributed by atoms with Crippen LogP contribution < -0.4 is 21.3 Å². The van der Waals surface area contributed by atoms with Crippen molar-refractivity contribution in [1.82, 2.24) is 25.8 Å². The van der Waals surface area contributed by atoms with E-state index in [4.69, 9.17) is 16.1 Å². The van der Waals surface area contributed by atoms with E-state index in [0.717, 1.165) is 17.5 Å². The highest BCUT2D eigenvalue weighted by atomic mass is 35.5. The van der Waals surface area contributed by atoms with Gasteiger partial charge in [-0.3, -0.25) is 9.59 Å². The molecule has 0 saturated carbocycles. The van der Waals surface area contributed by atoms with Crippen LogP contribution >= 0.6 is 22.9 Å². The van der Waals surface area contributed by atoms with E-state index in [2.05, 4.69) is 41.4 Å². The van der Waals surface area contributed by atoms with Gasteiger partial charge < -0.3 is 25.8 Å². The number of anilines is 2. The van der Waals surface area contributed by atoms with Crippen LogP contribution in [0.25, 0.3) is 0 Å². The van der Waals surface area contributed by atoms with E-state index < -0.39 is 28.6 Å². The molecule has 0 atom stereocenters. The average Bonchev–Trinajstić information content (AvgIpc) is 3.50. The molecule has 16 heteroatoms. The van der Waals surface area contributed by atoms with E-state index in [-0.39, 0.29) is 29.6 Å². The summed E-state index contributed by atoms with van der Waals surface area (Å²) in [6, 6.07) is 2.23. The summed E-state index contributed by atoms with van der Waals surface area (Å²) in [5, 5.41) is 14.2. The van der Waals surface area contributed by atoms with E-state index in [9.17, 15) is 22.8 Å². The van der Waals surface area contributed by atoms with Crippen molar-refractivity contribution in [2.45, 2.75) is 12.7 Å². The van der Waals surface area contributed by atoms with Gasteiger partial charge in [-0.15, -0.1) is 11.3 Å². The van der Waals surface area contributed by atoms with Crippen LogP contribution in [-0.4, -0.2) is 39.4 Å². The molecule has 4 N–H and O–H groups in total. The number of rotatable bonds is 6. The number of nitrogens with zero attached hydrogens (tertiary/aromatic N) is 4. The third-order valence-corrected chi connectivity index (χ3v) is 5.62. The Morgan fingerprint density at radius 1 is 1.20 bits per heavy atom. The highest BCUT2D eigenvalue weighted by Crippen LogP contribution is 2.35. The standard InChI is InChI=1S/C19H14ClF3N8O3S/c20-10-5-24-14(3-9(10)19(21,22)23)30-18(33)12-6-25-16(35-12)7-26-17(32)11-4-15(28-8-27-11)29-13-1-2-34-31-13/h1-6,27H,7-8H2,(H,26,32)(H,24,30,33)(H,28,29,31). The number of carbonyl (C=O) groups excluding carboxylic acids is 2. The van der Waals surface area contributed by atoms with Gasteiger partial charge in [0.05, 0.1) is 23.3 Å². The lowest BCUT2D eigenvalue weighted by atomic mass is 10.2. The molecular weight excluding hydrogens is 513 g/mol. The molecule has 1 aliphatic heterocycles. The van der Waals surface area contributed by atoms with Gasteiger partial charge in [-0.05, 0) is 6.07 Å². The number of halogens is 4. The number of nitrogens with one attached hydrogen (secondary N) is 4. The molecule has 182 valence electrons. The maximum Gasteiger partial charge on any atom is 0.418 e. The Balaban J connectivity index is 1.34. The summed E-state index contributed by atoms with van der Waals surface area (Å²) >= 11 is 6.49. The number of thiazole rings is 1. The highest BCUT2D eigenvalue weighted by molar-refractivity contribution is 7.13. The van der Waals surface area contributed by atoms with Gasteiger partial charge in [0.1, 0.15) is 40.2 Å². The van der Waals surface area contributed by atoms with Crippen LogP contribution in [0.5, 0.6) is 0 Å². The minimum atomic E-state index is -4.70.